The molecule has 1 heterocycles. The minimum atomic E-state index is -3.52. The van der Waals surface area contributed by atoms with Crippen molar-refractivity contribution < 1.29 is 8.42 Å². The molecule has 1 aromatic heterocycles. The fraction of sp³-hybridized carbons (Fsp3) is 0.357. The maximum Gasteiger partial charge on any atom is 0.241 e. The van der Waals surface area contributed by atoms with Gasteiger partial charge in [-0.15, -0.1) is 0 Å². The van der Waals surface area contributed by atoms with Gasteiger partial charge < -0.3 is 5.73 Å². The second kappa shape index (κ2) is 6.30. The topological polar surface area (TPSA) is 85.1 Å². The third kappa shape index (κ3) is 3.53. The van der Waals surface area contributed by atoms with Crippen molar-refractivity contribution in [1.29, 1.82) is 0 Å². The molecule has 3 N–H and O–H groups in total. The molecule has 1 unspecified atom stereocenters. The Balaban J connectivity index is 2.19. The van der Waals surface area contributed by atoms with Gasteiger partial charge in [0.25, 0.3) is 0 Å². The van der Waals surface area contributed by atoms with E-state index in [4.69, 9.17) is 5.73 Å². The third-order valence-corrected chi connectivity index (χ3v) is 4.54. The molecular weight excluding hydrogens is 274 g/mol. The van der Waals surface area contributed by atoms with Crippen LogP contribution in [0.5, 0.6) is 0 Å². The lowest BCUT2D eigenvalue weighted by Crippen LogP contribution is -2.26. The van der Waals surface area contributed by atoms with Gasteiger partial charge in [-0.3, -0.25) is 4.98 Å². The Morgan fingerprint density at radius 3 is 2.85 bits per heavy atom. The second-order valence-corrected chi connectivity index (χ2v) is 6.58. The first-order valence-electron chi connectivity index (χ1n) is 6.60. The minimum absolute atomic E-state index is 0.0845. The average molecular weight is 293 g/mol. The number of pyridine rings is 1. The number of aromatic nitrogens is 1. The summed E-state index contributed by atoms with van der Waals surface area (Å²) in [5.41, 5.74) is 6.31. The summed E-state index contributed by atoms with van der Waals surface area (Å²) in [4.78, 5) is 4.43. The van der Waals surface area contributed by atoms with E-state index in [0.29, 0.717) is 17.4 Å². The molecular formula is C14H19N3O2S. The van der Waals surface area contributed by atoms with Gasteiger partial charge in [0, 0.05) is 24.2 Å². The standard InChI is InChI=1S/C14H19N3O2S/c1-11(15)5-3-10-17-20(18,19)14-8-2-7-13-12(14)6-4-9-16-13/h2,4,6-9,11,17H,3,5,10,15H2,1H3. The van der Waals surface area contributed by atoms with Crippen molar-refractivity contribution in [2.75, 3.05) is 6.54 Å². The van der Waals surface area contributed by atoms with Crippen LogP contribution in [0.25, 0.3) is 10.9 Å². The summed E-state index contributed by atoms with van der Waals surface area (Å²) in [6.45, 7) is 2.30. The van der Waals surface area contributed by atoms with Gasteiger partial charge in [0.2, 0.25) is 10.0 Å². The monoisotopic (exact) mass is 293 g/mol. The first kappa shape index (κ1) is 14.9. The first-order valence-corrected chi connectivity index (χ1v) is 8.08. The van der Waals surface area contributed by atoms with Gasteiger partial charge in [0.1, 0.15) is 0 Å². The van der Waals surface area contributed by atoms with Crippen molar-refractivity contribution in [3.05, 3.63) is 36.5 Å². The molecule has 0 aliphatic heterocycles. The predicted molar refractivity (Wildman–Crippen MR) is 79.8 cm³/mol. The van der Waals surface area contributed by atoms with Crippen LogP contribution in [0.4, 0.5) is 0 Å². The number of rotatable bonds is 6. The van der Waals surface area contributed by atoms with E-state index >= 15 is 0 Å². The van der Waals surface area contributed by atoms with Crippen LogP contribution in [0.1, 0.15) is 19.8 Å². The van der Waals surface area contributed by atoms with Gasteiger partial charge in [-0.2, -0.15) is 0 Å². The number of nitrogens with two attached hydrogens (primary N) is 1. The number of hydrogen-bond donors (Lipinski definition) is 2. The zero-order valence-electron chi connectivity index (χ0n) is 11.4. The van der Waals surface area contributed by atoms with Crippen LogP contribution in [0.3, 0.4) is 0 Å². The van der Waals surface area contributed by atoms with E-state index in [1.54, 1.807) is 36.5 Å². The number of hydrogen-bond acceptors (Lipinski definition) is 4. The summed E-state index contributed by atoms with van der Waals surface area (Å²) in [7, 11) is -3.52. The van der Waals surface area contributed by atoms with Crippen LogP contribution in [0, 0.1) is 0 Å². The van der Waals surface area contributed by atoms with Crippen LogP contribution < -0.4 is 10.5 Å². The molecule has 2 aromatic rings. The predicted octanol–water partition coefficient (Wildman–Crippen LogP) is 1.64. The van der Waals surface area contributed by atoms with Crippen molar-refractivity contribution in [3.8, 4) is 0 Å². The quantitative estimate of drug-likeness (QED) is 0.793. The van der Waals surface area contributed by atoms with Crippen LogP contribution in [0.2, 0.25) is 0 Å². The molecule has 0 saturated carbocycles. The lowest BCUT2D eigenvalue weighted by molar-refractivity contribution is 0.568. The lowest BCUT2D eigenvalue weighted by Gasteiger charge is -2.10. The van der Waals surface area contributed by atoms with Crippen molar-refractivity contribution in [1.82, 2.24) is 9.71 Å². The summed E-state index contributed by atoms with van der Waals surface area (Å²) >= 11 is 0. The van der Waals surface area contributed by atoms with Crippen LogP contribution in [0.15, 0.2) is 41.4 Å². The van der Waals surface area contributed by atoms with Gasteiger partial charge in [-0.05, 0) is 44.0 Å². The molecule has 0 aliphatic rings. The Morgan fingerprint density at radius 1 is 1.30 bits per heavy atom. The number of benzene rings is 1. The van der Waals surface area contributed by atoms with Crippen molar-refractivity contribution >= 4 is 20.9 Å². The SMILES string of the molecule is CC(N)CCCNS(=O)(=O)c1cccc2ncccc12. The van der Waals surface area contributed by atoms with Crippen LogP contribution in [-0.4, -0.2) is 26.0 Å². The molecule has 0 fully saturated rings. The molecule has 0 radical (unpaired) electrons. The number of nitrogens with one attached hydrogen (secondary N) is 1. The maximum atomic E-state index is 12.3. The Morgan fingerprint density at radius 2 is 2.10 bits per heavy atom. The number of sulfonamides is 1. The third-order valence-electron chi connectivity index (χ3n) is 3.02. The van der Waals surface area contributed by atoms with Crippen molar-refractivity contribution in [2.24, 2.45) is 5.73 Å². The number of nitrogens with zero attached hydrogens (tertiary/aromatic N) is 1. The minimum Gasteiger partial charge on any atom is -0.328 e. The highest BCUT2D eigenvalue weighted by Gasteiger charge is 2.16. The van der Waals surface area contributed by atoms with E-state index < -0.39 is 10.0 Å². The molecule has 108 valence electrons. The normalized spacial score (nSPS) is 13.5. The maximum absolute atomic E-state index is 12.3. The Kier molecular flexibility index (Phi) is 4.69. The molecule has 2 rings (SSSR count). The number of fused-ring (bicyclic) bond motifs is 1. The summed E-state index contributed by atoms with van der Waals surface area (Å²) in [6, 6.07) is 8.67. The summed E-state index contributed by atoms with van der Waals surface area (Å²) in [6.07, 6.45) is 3.16. The molecule has 5 nitrogen and oxygen atoms in total. The Bertz CT molecular complexity index is 678. The Labute approximate surface area is 119 Å². The Hall–Kier alpha value is -1.50. The molecule has 0 bridgehead atoms. The molecule has 0 aliphatic carbocycles. The highest BCUT2D eigenvalue weighted by atomic mass is 32.2. The van der Waals surface area contributed by atoms with Gasteiger partial charge >= 0.3 is 0 Å². The summed E-state index contributed by atoms with van der Waals surface area (Å²) in [5, 5.41) is 0.634. The first-order chi connectivity index (χ1) is 9.50. The van der Waals surface area contributed by atoms with Crippen molar-refractivity contribution in [3.63, 3.8) is 0 Å². The lowest BCUT2D eigenvalue weighted by atomic mass is 10.2. The van der Waals surface area contributed by atoms with Crippen LogP contribution >= 0.6 is 0 Å². The molecule has 20 heavy (non-hydrogen) atoms. The summed E-state index contributed by atoms with van der Waals surface area (Å²) < 4.78 is 27.3. The van der Waals surface area contributed by atoms with Crippen LogP contribution in [-0.2, 0) is 10.0 Å². The van der Waals surface area contributed by atoms with Crippen molar-refractivity contribution in [2.45, 2.75) is 30.7 Å². The smallest absolute Gasteiger partial charge is 0.241 e. The fourth-order valence-electron chi connectivity index (χ4n) is 2.02. The zero-order chi connectivity index (χ0) is 14.6. The van der Waals surface area contributed by atoms with Gasteiger partial charge in [0.15, 0.2) is 0 Å². The molecule has 0 saturated heterocycles. The average Bonchev–Trinajstić information content (AvgIpc) is 2.43. The van der Waals surface area contributed by atoms with Gasteiger partial charge in [0.05, 0.1) is 10.4 Å². The molecule has 0 amide bonds. The molecule has 0 spiro atoms. The zero-order valence-corrected chi connectivity index (χ0v) is 12.2. The van der Waals surface area contributed by atoms with Gasteiger partial charge in [-0.1, -0.05) is 6.07 Å². The van der Waals surface area contributed by atoms with E-state index in [0.717, 1.165) is 12.8 Å². The summed E-state index contributed by atoms with van der Waals surface area (Å²) in [5.74, 6) is 0. The molecule has 1 atom stereocenters. The fourth-order valence-corrected chi connectivity index (χ4v) is 3.31. The van der Waals surface area contributed by atoms with E-state index in [-0.39, 0.29) is 10.9 Å². The van der Waals surface area contributed by atoms with E-state index in [1.807, 2.05) is 6.92 Å². The molecule has 6 heteroatoms. The molecule has 1 aromatic carbocycles. The highest BCUT2D eigenvalue weighted by Crippen LogP contribution is 2.20. The highest BCUT2D eigenvalue weighted by molar-refractivity contribution is 7.89. The van der Waals surface area contributed by atoms with E-state index in [1.165, 1.54) is 0 Å². The van der Waals surface area contributed by atoms with Gasteiger partial charge in [-0.25, -0.2) is 13.1 Å². The largest absolute Gasteiger partial charge is 0.328 e. The van der Waals surface area contributed by atoms with E-state index in [9.17, 15) is 8.42 Å². The second-order valence-electron chi connectivity index (χ2n) is 4.84. The van der Waals surface area contributed by atoms with E-state index in [2.05, 4.69) is 9.71 Å².